The van der Waals surface area contributed by atoms with Gasteiger partial charge in [0.25, 0.3) is 0 Å². The molecule has 0 bridgehead atoms. The summed E-state index contributed by atoms with van der Waals surface area (Å²) in [6.07, 6.45) is 5.78. The van der Waals surface area contributed by atoms with Gasteiger partial charge in [0.1, 0.15) is 0 Å². The first-order chi connectivity index (χ1) is 8.72. The predicted molar refractivity (Wildman–Crippen MR) is 74.4 cm³/mol. The van der Waals surface area contributed by atoms with Crippen LogP contribution in [0.4, 0.5) is 5.69 Å². The number of aromatic nitrogens is 2. The highest BCUT2D eigenvalue weighted by molar-refractivity contribution is 9.10. The number of anilines is 1. The lowest BCUT2D eigenvalue weighted by atomic mass is 10.0. The number of rotatable bonds is 4. The van der Waals surface area contributed by atoms with Crippen LogP contribution < -0.4 is 17.0 Å². The molecule has 0 aromatic carbocycles. The summed E-state index contributed by atoms with van der Waals surface area (Å²) in [6, 6.07) is 5.45. The summed E-state index contributed by atoms with van der Waals surface area (Å²) in [7, 11) is 0. The van der Waals surface area contributed by atoms with Crippen LogP contribution in [0, 0.1) is 0 Å². The van der Waals surface area contributed by atoms with Crippen molar-refractivity contribution in [2.24, 2.45) is 5.84 Å². The molecule has 0 fully saturated rings. The zero-order valence-electron chi connectivity index (χ0n) is 9.68. The molecule has 5 nitrogen and oxygen atoms in total. The van der Waals surface area contributed by atoms with Gasteiger partial charge in [0.2, 0.25) is 0 Å². The summed E-state index contributed by atoms with van der Waals surface area (Å²) in [5, 5.41) is 0. The maximum absolute atomic E-state index is 5.90. The topological polar surface area (TPSA) is 89.8 Å². The molecule has 0 saturated carbocycles. The lowest BCUT2D eigenvalue weighted by molar-refractivity contribution is 0.536. The van der Waals surface area contributed by atoms with Crippen molar-refractivity contribution in [3.8, 4) is 0 Å². The van der Waals surface area contributed by atoms with Gasteiger partial charge in [0, 0.05) is 28.8 Å². The minimum Gasteiger partial charge on any atom is -0.398 e. The highest BCUT2D eigenvalue weighted by Crippen LogP contribution is 2.24. The van der Waals surface area contributed by atoms with E-state index in [2.05, 4.69) is 31.3 Å². The minimum atomic E-state index is -0.118. The molecular weight excluding hydrogens is 294 g/mol. The van der Waals surface area contributed by atoms with E-state index in [1.54, 1.807) is 24.7 Å². The molecule has 0 aliphatic rings. The first kappa shape index (κ1) is 12.9. The van der Waals surface area contributed by atoms with E-state index in [0.29, 0.717) is 12.1 Å². The first-order valence-corrected chi connectivity index (χ1v) is 6.26. The Morgan fingerprint density at radius 3 is 2.83 bits per heavy atom. The molecule has 0 spiro atoms. The van der Waals surface area contributed by atoms with Crippen LogP contribution in [0.25, 0.3) is 0 Å². The molecule has 2 rings (SSSR count). The molecule has 1 atom stereocenters. The van der Waals surface area contributed by atoms with Crippen molar-refractivity contribution >= 4 is 21.6 Å². The van der Waals surface area contributed by atoms with Gasteiger partial charge in [0.15, 0.2) is 0 Å². The van der Waals surface area contributed by atoms with Crippen LogP contribution in [0.1, 0.15) is 17.3 Å². The quantitative estimate of drug-likeness (QED) is 0.589. The number of hydrazine groups is 1. The van der Waals surface area contributed by atoms with Crippen LogP contribution in [-0.2, 0) is 6.42 Å². The Kier molecular flexibility index (Phi) is 4.24. The Bertz CT molecular complexity index is 531. The highest BCUT2D eigenvalue weighted by Gasteiger charge is 2.16. The van der Waals surface area contributed by atoms with Gasteiger partial charge in [0.05, 0.1) is 11.7 Å². The van der Waals surface area contributed by atoms with Gasteiger partial charge >= 0.3 is 0 Å². The van der Waals surface area contributed by atoms with Crippen LogP contribution >= 0.6 is 15.9 Å². The number of hydrogen-bond acceptors (Lipinski definition) is 5. The molecule has 0 aliphatic heterocycles. The summed E-state index contributed by atoms with van der Waals surface area (Å²) in [4.78, 5) is 8.39. The average molecular weight is 308 g/mol. The lowest BCUT2D eigenvalue weighted by Crippen LogP contribution is -2.30. The van der Waals surface area contributed by atoms with E-state index >= 15 is 0 Å². The SMILES string of the molecule is NNC(Cc1cnccc1N)c1ncccc1Br. The molecular formula is C12H14BrN5. The van der Waals surface area contributed by atoms with Crippen molar-refractivity contribution in [2.75, 3.05) is 5.73 Å². The lowest BCUT2D eigenvalue weighted by Gasteiger charge is -2.17. The molecule has 94 valence electrons. The standard InChI is InChI=1S/C12H14BrN5/c13-9-2-1-4-17-12(9)11(18-15)6-8-7-16-5-3-10(8)14/h1-5,7,11,18H,6,15H2,(H2,14,16). The number of nitrogen functional groups attached to an aromatic ring is 1. The third kappa shape index (κ3) is 2.84. The van der Waals surface area contributed by atoms with E-state index in [-0.39, 0.29) is 6.04 Å². The Labute approximate surface area is 114 Å². The van der Waals surface area contributed by atoms with Crippen molar-refractivity contribution < 1.29 is 0 Å². The predicted octanol–water partition coefficient (Wildman–Crippen LogP) is 1.57. The third-order valence-electron chi connectivity index (χ3n) is 2.68. The number of nitrogens with one attached hydrogen (secondary N) is 1. The van der Waals surface area contributed by atoms with E-state index < -0.39 is 0 Å². The Balaban J connectivity index is 2.26. The van der Waals surface area contributed by atoms with Gasteiger partial charge in [-0.2, -0.15) is 0 Å². The van der Waals surface area contributed by atoms with E-state index in [9.17, 15) is 0 Å². The van der Waals surface area contributed by atoms with Crippen LogP contribution in [0.3, 0.4) is 0 Å². The number of nitrogens with two attached hydrogens (primary N) is 2. The number of nitrogens with zero attached hydrogens (tertiary/aromatic N) is 2. The second-order valence-electron chi connectivity index (χ2n) is 3.87. The van der Waals surface area contributed by atoms with E-state index in [1.165, 1.54) is 0 Å². The molecule has 5 N–H and O–H groups in total. The number of pyridine rings is 2. The van der Waals surface area contributed by atoms with Crippen LogP contribution in [0.2, 0.25) is 0 Å². The molecule has 1 unspecified atom stereocenters. The summed E-state index contributed by atoms with van der Waals surface area (Å²) >= 11 is 3.46. The van der Waals surface area contributed by atoms with Gasteiger partial charge in [-0.15, -0.1) is 0 Å². The monoisotopic (exact) mass is 307 g/mol. The summed E-state index contributed by atoms with van der Waals surface area (Å²) < 4.78 is 0.912. The van der Waals surface area contributed by atoms with Crippen molar-refractivity contribution in [3.05, 3.63) is 52.5 Å². The normalized spacial score (nSPS) is 12.3. The molecule has 2 aromatic heterocycles. The fourth-order valence-electron chi connectivity index (χ4n) is 1.72. The molecule has 2 heterocycles. The number of halogens is 1. The molecule has 0 radical (unpaired) electrons. The molecule has 0 saturated heterocycles. The Morgan fingerprint density at radius 1 is 1.33 bits per heavy atom. The van der Waals surface area contributed by atoms with Crippen molar-refractivity contribution in [1.29, 1.82) is 0 Å². The summed E-state index contributed by atoms with van der Waals surface area (Å²) in [6.45, 7) is 0. The minimum absolute atomic E-state index is 0.118. The van der Waals surface area contributed by atoms with Gasteiger partial charge < -0.3 is 5.73 Å². The second-order valence-corrected chi connectivity index (χ2v) is 4.72. The maximum Gasteiger partial charge on any atom is 0.0731 e. The fourth-order valence-corrected chi connectivity index (χ4v) is 2.25. The van der Waals surface area contributed by atoms with Gasteiger partial charge in [-0.25, -0.2) is 0 Å². The largest absolute Gasteiger partial charge is 0.398 e. The molecule has 0 aliphatic carbocycles. The Morgan fingerprint density at radius 2 is 2.17 bits per heavy atom. The van der Waals surface area contributed by atoms with Gasteiger partial charge in [-0.3, -0.25) is 21.2 Å². The van der Waals surface area contributed by atoms with Gasteiger partial charge in [-0.05, 0) is 46.1 Å². The smallest absolute Gasteiger partial charge is 0.0731 e. The zero-order chi connectivity index (χ0) is 13.0. The third-order valence-corrected chi connectivity index (χ3v) is 3.35. The second kappa shape index (κ2) is 5.90. The molecule has 0 amide bonds. The van der Waals surface area contributed by atoms with E-state index in [4.69, 9.17) is 11.6 Å². The van der Waals surface area contributed by atoms with Crippen LogP contribution in [0.5, 0.6) is 0 Å². The maximum atomic E-state index is 5.90. The fraction of sp³-hybridized carbons (Fsp3) is 0.167. The average Bonchev–Trinajstić information content (AvgIpc) is 2.39. The molecule has 6 heteroatoms. The van der Waals surface area contributed by atoms with Crippen molar-refractivity contribution in [2.45, 2.75) is 12.5 Å². The van der Waals surface area contributed by atoms with Crippen molar-refractivity contribution in [1.82, 2.24) is 15.4 Å². The van der Waals surface area contributed by atoms with E-state index in [0.717, 1.165) is 15.7 Å². The highest BCUT2D eigenvalue weighted by atomic mass is 79.9. The van der Waals surface area contributed by atoms with Crippen molar-refractivity contribution in [3.63, 3.8) is 0 Å². The Hall–Kier alpha value is -1.50. The van der Waals surface area contributed by atoms with E-state index in [1.807, 2.05) is 12.1 Å². The summed E-state index contributed by atoms with van der Waals surface area (Å²) in [5.74, 6) is 5.60. The first-order valence-electron chi connectivity index (χ1n) is 5.47. The summed E-state index contributed by atoms with van der Waals surface area (Å²) in [5.41, 5.74) is 11.2. The zero-order valence-corrected chi connectivity index (χ0v) is 11.3. The molecule has 18 heavy (non-hydrogen) atoms. The number of hydrogen-bond donors (Lipinski definition) is 3. The van der Waals surface area contributed by atoms with Crippen LogP contribution in [-0.4, -0.2) is 9.97 Å². The van der Waals surface area contributed by atoms with Gasteiger partial charge in [-0.1, -0.05) is 0 Å². The van der Waals surface area contributed by atoms with Crippen LogP contribution in [0.15, 0.2) is 41.3 Å². The molecule has 2 aromatic rings.